The highest BCUT2D eigenvalue weighted by atomic mass is 19.1. The van der Waals surface area contributed by atoms with Gasteiger partial charge in [0.15, 0.2) is 0 Å². The summed E-state index contributed by atoms with van der Waals surface area (Å²) in [6, 6.07) is 3.88. The van der Waals surface area contributed by atoms with Crippen molar-refractivity contribution in [3.8, 4) is 0 Å². The third kappa shape index (κ3) is 3.12. The van der Waals surface area contributed by atoms with Gasteiger partial charge in [-0.25, -0.2) is 8.78 Å². The molecule has 1 aliphatic rings. The average Bonchev–Trinajstić information content (AvgIpc) is 2.44. The molecule has 2 unspecified atom stereocenters. The molecule has 0 saturated carbocycles. The van der Waals surface area contributed by atoms with Crippen LogP contribution in [-0.4, -0.2) is 30.6 Å². The van der Waals surface area contributed by atoms with Crippen LogP contribution in [0.4, 0.5) is 8.78 Å². The normalized spacial score (nSPS) is 22.4. The topological polar surface area (TPSA) is 29.3 Å². The lowest BCUT2D eigenvalue weighted by atomic mass is 9.85. The van der Waals surface area contributed by atoms with Crippen LogP contribution in [0, 0.1) is 11.6 Å². The second kappa shape index (κ2) is 6.44. The van der Waals surface area contributed by atoms with Crippen LogP contribution < -0.4 is 5.73 Å². The Morgan fingerprint density at radius 1 is 1.37 bits per heavy atom. The molecular weight excluding hydrogens is 246 g/mol. The minimum atomic E-state index is -0.395. The third-order valence-electron chi connectivity index (χ3n) is 4.15. The lowest BCUT2D eigenvalue weighted by Gasteiger charge is -2.39. The molecule has 1 fully saturated rings. The van der Waals surface area contributed by atoms with Gasteiger partial charge >= 0.3 is 0 Å². The number of nitrogens with zero attached hydrogens (tertiary/aromatic N) is 1. The highest BCUT2D eigenvalue weighted by Crippen LogP contribution is 2.31. The summed E-state index contributed by atoms with van der Waals surface area (Å²) in [6.07, 6.45) is 3.31. The van der Waals surface area contributed by atoms with E-state index in [9.17, 15) is 8.78 Å². The molecule has 106 valence electrons. The Hall–Kier alpha value is -1.00. The Bertz CT molecular complexity index is 423. The molecule has 1 heterocycles. The summed E-state index contributed by atoms with van der Waals surface area (Å²) in [6.45, 7) is 4.40. The van der Waals surface area contributed by atoms with Crippen molar-refractivity contribution in [3.63, 3.8) is 0 Å². The predicted molar refractivity (Wildman–Crippen MR) is 73.0 cm³/mol. The second-order valence-corrected chi connectivity index (χ2v) is 5.20. The van der Waals surface area contributed by atoms with Crippen LogP contribution in [0.15, 0.2) is 18.2 Å². The van der Waals surface area contributed by atoms with Crippen molar-refractivity contribution < 1.29 is 8.78 Å². The van der Waals surface area contributed by atoms with Crippen LogP contribution >= 0.6 is 0 Å². The van der Waals surface area contributed by atoms with Crippen molar-refractivity contribution in [1.29, 1.82) is 0 Å². The van der Waals surface area contributed by atoms with E-state index in [4.69, 9.17) is 5.73 Å². The Labute approximate surface area is 113 Å². The largest absolute Gasteiger partial charge is 0.330 e. The zero-order valence-electron chi connectivity index (χ0n) is 11.4. The van der Waals surface area contributed by atoms with Crippen molar-refractivity contribution >= 4 is 0 Å². The van der Waals surface area contributed by atoms with Crippen molar-refractivity contribution in [3.05, 3.63) is 35.4 Å². The first-order chi connectivity index (χ1) is 9.17. The minimum absolute atomic E-state index is 0.129. The molecule has 2 N–H and O–H groups in total. The standard InChI is InChI=1S/C15H22F2N2/c1-2-19-8-4-3-5-15(19)13(10-18)12-9-11(16)6-7-14(12)17/h6-7,9,13,15H,2-5,8,10,18H2,1H3. The number of likely N-dealkylation sites (N-methyl/N-ethyl adjacent to an activating group) is 1. The molecule has 1 aromatic carbocycles. The quantitative estimate of drug-likeness (QED) is 0.909. The van der Waals surface area contributed by atoms with Crippen molar-refractivity contribution in [1.82, 2.24) is 4.90 Å². The molecule has 2 atom stereocenters. The zero-order valence-corrected chi connectivity index (χ0v) is 11.4. The molecule has 19 heavy (non-hydrogen) atoms. The summed E-state index contributed by atoms with van der Waals surface area (Å²) in [4.78, 5) is 2.34. The molecule has 1 aliphatic heterocycles. The fraction of sp³-hybridized carbons (Fsp3) is 0.600. The van der Waals surface area contributed by atoms with Crippen LogP contribution in [0.2, 0.25) is 0 Å². The summed E-state index contributed by atoms with van der Waals surface area (Å²) in [7, 11) is 0. The lowest BCUT2D eigenvalue weighted by Crippen LogP contribution is -2.45. The van der Waals surface area contributed by atoms with Crippen LogP contribution in [0.3, 0.4) is 0 Å². The summed E-state index contributed by atoms with van der Waals surface area (Å²) in [5.41, 5.74) is 6.28. The zero-order chi connectivity index (χ0) is 13.8. The van der Waals surface area contributed by atoms with Crippen LogP contribution in [0.25, 0.3) is 0 Å². The molecule has 0 spiro atoms. The maximum atomic E-state index is 14.0. The van der Waals surface area contributed by atoms with E-state index < -0.39 is 5.82 Å². The predicted octanol–water partition coefficient (Wildman–Crippen LogP) is 2.88. The lowest BCUT2D eigenvalue weighted by molar-refractivity contribution is 0.132. The second-order valence-electron chi connectivity index (χ2n) is 5.20. The first kappa shape index (κ1) is 14.4. The van der Waals surface area contributed by atoms with E-state index in [1.54, 1.807) is 0 Å². The first-order valence-corrected chi connectivity index (χ1v) is 7.06. The number of hydrogen-bond donors (Lipinski definition) is 1. The molecule has 2 rings (SSSR count). The van der Waals surface area contributed by atoms with Crippen LogP contribution in [-0.2, 0) is 0 Å². The van der Waals surface area contributed by atoms with Gasteiger partial charge in [-0.15, -0.1) is 0 Å². The SMILES string of the molecule is CCN1CCCCC1C(CN)c1cc(F)ccc1F. The van der Waals surface area contributed by atoms with Gasteiger partial charge in [-0.1, -0.05) is 13.3 Å². The fourth-order valence-electron chi connectivity index (χ4n) is 3.16. The van der Waals surface area contributed by atoms with E-state index in [0.29, 0.717) is 12.1 Å². The number of rotatable bonds is 4. The summed E-state index contributed by atoms with van der Waals surface area (Å²) in [5.74, 6) is -0.872. The summed E-state index contributed by atoms with van der Waals surface area (Å²) < 4.78 is 27.3. The van der Waals surface area contributed by atoms with Crippen molar-refractivity contribution in [2.45, 2.75) is 38.1 Å². The molecule has 1 saturated heterocycles. The van der Waals surface area contributed by atoms with Crippen LogP contribution in [0.1, 0.15) is 37.7 Å². The smallest absolute Gasteiger partial charge is 0.126 e. The Kier molecular flexibility index (Phi) is 4.88. The van der Waals surface area contributed by atoms with Crippen molar-refractivity contribution in [2.24, 2.45) is 5.73 Å². The van der Waals surface area contributed by atoms with E-state index in [1.807, 2.05) is 0 Å². The van der Waals surface area contributed by atoms with Gasteiger partial charge in [-0.3, -0.25) is 0 Å². The molecule has 0 aliphatic carbocycles. The van der Waals surface area contributed by atoms with E-state index in [2.05, 4.69) is 11.8 Å². The molecule has 0 amide bonds. The number of nitrogens with two attached hydrogens (primary N) is 1. The monoisotopic (exact) mass is 268 g/mol. The average molecular weight is 268 g/mol. The number of halogens is 2. The van der Waals surface area contributed by atoms with Gasteiger partial charge in [0, 0.05) is 18.5 Å². The maximum absolute atomic E-state index is 14.0. The van der Waals surface area contributed by atoms with Gasteiger partial charge in [-0.05, 0) is 49.7 Å². The van der Waals surface area contributed by atoms with Gasteiger partial charge in [-0.2, -0.15) is 0 Å². The number of benzene rings is 1. The number of hydrogen-bond acceptors (Lipinski definition) is 2. The Balaban J connectivity index is 2.29. The number of likely N-dealkylation sites (tertiary alicyclic amines) is 1. The van der Waals surface area contributed by atoms with E-state index >= 15 is 0 Å². The first-order valence-electron chi connectivity index (χ1n) is 7.06. The van der Waals surface area contributed by atoms with Gasteiger partial charge in [0.2, 0.25) is 0 Å². The van der Waals surface area contributed by atoms with E-state index in [-0.39, 0.29) is 17.8 Å². The Morgan fingerprint density at radius 2 is 2.16 bits per heavy atom. The molecule has 1 aromatic rings. The van der Waals surface area contributed by atoms with Gasteiger partial charge in [0.1, 0.15) is 11.6 Å². The van der Waals surface area contributed by atoms with Gasteiger partial charge in [0.05, 0.1) is 0 Å². The minimum Gasteiger partial charge on any atom is -0.330 e. The molecule has 4 heteroatoms. The molecular formula is C15H22F2N2. The summed E-state index contributed by atoms with van der Waals surface area (Å²) in [5, 5.41) is 0. The van der Waals surface area contributed by atoms with E-state index in [0.717, 1.165) is 32.0 Å². The fourth-order valence-corrected chi connectivity index (χ4v) is 3.16. The van der Waals surface area contributed by atoms with E-state index in [1.165, 1.54) is 18.6 Å². The van der Waals surface area contributed by atoms with Crippen LogP contribution in [0.5, 0.6) is 0 Å². The number of piperidine rings is 1. The molecule has 0 radical (unpaired) electrons. The third-order valence-corrected chi connectivity index (χ3v) is 4.15. The highest BCUT2D eigenvalue weighted by molar-refractivity contribution is 5.25. The van der Waals surface area contributed by atoms with Gasteiger partial charge < -0.3 is 10.6 Å². The summed E-state index contributed by atoms with van der Waals surface area (Å²) >= 11 is 0. The molecule has 0 aromatic heterocycles. The Morgan fingerprint density at radius 3 is 2.84 bits per heavy atom. The molecule has 0 bridgehead atoms. The van der Waals surface area contributed by atoms with Crippen molar-refractivity contribution in [2.75, 3.05) is 19.6 Å². The van der Waals surface area contributed by atoms with Gasteiger partial charge in [0.25, 0.3) is 0 Å². The maximum Gasteiger partial charge on any atom is 0.126 e. The highest BCUT2D eigenvalue weighted by Gasteiger charge is 2.30. The molecule has 2 nitrogen and oxygen atoms in total.